The molecule has 1 aromatic rings. The van der Waals surface area contributed by atoms with Crippen molar-refractivity contribution in [3.05, 3.63) is 23.9 Å². The summed E-state index contributed by atoms with van der Waals surface area (Å²) in [4.78, 5) is 41.0. The molecule has 9 nitrogen and oxygen atoms in total. The highest BCUT2D eigenvalue weighted by molar-refractivity contribution is 6.28. The van der Waals surface area contributed by atoms with E-state index in [1.165, 1.54) is 18.3 Å². The number of nitrogens with zero attached hydrogens (tertiary/aromatic N) is 2. The van der Waals surface area contributed by atoms with Crippen LogP contribution in [0.2, 0.25) is 0 Å². The summed E-state index contributed by atoms with van der Waals surface area (Å²) in [6, 6.07) is 3.02. The first-order valence-corrected chi connectivity index (χ1v) is 8.18. The summed E-state index contributed by atoms with van der Waals surface area (Å²) in [6.07, 6.45) is 7.90. The van der Waals surface area contributed by atoms with E-state index in [0.29, 0.717) is 12.4 Å². The largest absolute Gasteiger partial charge is 0.452 e. The van der Waals surface area contributed by atoms with E-state index in [-0.39, 0.29) is 43.8 Å². The van der Waals surface area contributed by atoms with Gasteiger partial charge in [0.2, 0.25) is 11.8 Å². The Kier molecular flexibility index (Phi) is 6.99. The van der Waals surface area contributed by atoms with E-state index in [0.717, 1.165) is 12.8 Å². The van der Waals surface area contributed by atoms with Gasteiger partial charge in [0.1, 0.15) is 5.82 Å². The van der Waals surface area contributed by atoms with Crippen LogP contribution < -0.4 is 16.2 Å². The summed E-state index contributed by atoms with van der Waals surface area (Å²) in [5.74, 6) is 1.34. The minimum atomic E-state index is -0.437. The number of rotatable bonds is 7. The quantitative estimate of drug-likeness (QED) is 0.270. The van der Waals surface area contributed by atoms with Gasteiger partial charge in [-0.15, -0.1) is 6.42 Å². The number of carbonyl (C=O) groups excluding carboxylic acids is 3. The summed E-state index contributed by atoms with van der Waals surface area (Å²) in [5.41, 5.74) is 5.21. The summed E-state index contributed by atoms with van der Waals surface area (Å²) >= 11 is 0. The molecular formula is C16H20BN5O4. The number of terminal acetylenes is 1. The average molecular weight is 357 g/mol. The number of anilines is 1. The number of aromatic nitrogens is 1. The first-order valence-electron chi connectivity index (χ1n) is 8.18. The predicted molar refractivity (Wildman–Crippen MR) is 95.9 cm³/mol. The van der Waals surface area contributed by atoms with Gasteiger partial charge in [0.15, 0.2) is 0 Å². The van der Waals surface area contributed by atoms with E-state index in [1.807, 2.05) is 0 Å². The van der Waals surface area contributed by atoms with Crippen molar-refractivity contribution in [1.29, 1.82) is 0 Å². The third-order valence-electron chi connectivity index (χ3n) is 3.93. The average Bonchev–Trinajstić information content (AvgIpc) is 3.13. The molecule has 136 valence electrons. The van der Waals surface area contributed by atoms with Gasteiger partial charge in [-0.1, -0.05) is 5.92 Å². The summed E-state index contributed by atoms with van der Waals surface area (Å²) in [5, 5.41) is 11.8. The number of nitrogens with one attached hydrogen (secondary N) is 3. The van der Waals surface area contributed by atoms with Gasteiger partial charge in [-0.2, -0.15) is 0 Å². The molecule has 1 aliphatic heterocycles. The van der Waals surface area contributed by atoms with E-state index < -0.39 is 5.91 Å². The summed E-state index contributed by atoms with van der Waals surface area (Å²) < 4.78 is 0. The normalized spacial score (nSPS) is 15.7. The molecule has 1 fully saturated rings. The lowest BCUT2D eigenvalue weighted by molar-refractivity contribution is -0.129. The first kappa shape index (κ1) is 19.3. The minimum absolute atomic E-state index is 0.0598. The van der Waals surface area contributed by atoms with Crippen LogP contribution in [-0.4, -0.2) is 59.1 Å². The highest BCUT2D eigenvalue weighted by Crippen LogP contribution is 2.15. The molecule has 0 aliphatic carbocycles. The van der Waals surface area contributed by atoms with Gasteiger partial charge >= 0.3 is 0 Å². The Morgan fingerprint density at radius 2 is 2.23 bits per heavy atom. The molecular weight excluding hydrogens is 337 g/mol. The van der Waals surface area contributed by atoms with Crippen LogP contribution in [0.15, 0.2) is 18.3 Å². The maximum Gasteiger partial charge on any atom is 0.293 e. The molecule has 2 heterocycles. The molecule has 1 aromatic heterocycles. The molecule has 4 N–H and O–H groups in total. The Morgan fingerprint density at radius 3 is 2.88 bits per heavy atom. The Morgan fingerprint density at radius 1 is 1.42 bits per heavy atom. The van der Waals surface area contributed by atoms with Crippen molar-refractivity contribution >= 4 is 31.0 Å². The Balaban J connectivity index is 1.81. The van der Waals surface area contributed by atoms with Crippen LogP contribution in [0.1, 0.15) is 29.6 Å². The van der Waals surface area contributed by atoms with Gasteiger partial charge in [-0.3, -0.25) is 25.2 Å². The third-order valence-corrected chi connectivity index (χ3v) is 3.93. The van der Waals surface area contributed by atoms with E-state index in [2.05, 4.69) is 27.1 Å². The fourth-order valence-corrected chi connectivity index (χ4v) is 2.59. The monoisotopic (exact) mass is 357 g/mol. The van der Waals surface area contributed by atoms with E-state index in [9.17, 15) is 19.4 Å². The number of hydrogen-bond acceptors (Lipinski definition) is 6. The molecule has 1 atom stereocenters. The second-order valence-corrected chi connectivity index (χ2v) is 5.73. The molecule has 10 heteroatoms. The topological polar surface area (TPSA) is 124 Å². The molecule has 0 spiro atoms. The van der Waals surface area contributed by atoms with Crippen LogP contribution in [0.4, 0.5) is 5.82 Å². The van der Waals surface area contributed by atoms with Gasteiger partial charge in [-0.25, -0.2) is 4.98 Å². The standard InChI is InChI=1S/C16H20BN5O4/c1-2-4-14(23)21-20-13-7-6-11(9-18-13)16(25)19-10-15(24)22-8-3-5-12(22)17-26/h1,6-7,9,12,17,26H,3-5,8,10H2,(H,18,20)(H,19,25)(H,21,23)/t12-/m0/s1. The van der Waals surface area contributed by atoms with Crippen LogP contribution in [0, 0.1) is 12.3 Å². The Bertz CT molecular complexity index is 704. The Hall–Kier alpha value is -3.06. The maximum absolute atomic E-state index is 12.1. The zero-order valence-corrected chi connectivity index (χ0v) is 14.2. The van der Waals surface area contributed by atoms with E-state index in [4.69, 9.17) is 6.42 Å². The lowest BCUT2D eigenvalue weighted by Gasteiger charge is -2.22. The predicted octanol–water partition coefficient (Wildman–Crippen LogP) is -1.43. The van der Waals surface area contributed by atoms with Gasteiger partial charge in [0.25, 0.3) is 13.4 Å². The smallest absolute Gasteiger partial charge is 0.293 e. The molecule has 2 rings (SSSR count). The molecule has 3 amide bonds. The van der Waals surface area contributed by atoms with Crippen LogP contribution in [0.5, 0.6) is 0 Å². The number of hydrazine groups is 1. The van der Waals surface area contributed by atoms with Gasteiger partial charge in [-0.05, 0) is 25.0 Å². The highest BCUT2D eigenvalue weighted by atomic mass is 16.2. The fourth-order valence-electron chi connectivity index (χ4n) is 2.59. The van der Waals surface area contributed by atoms with E-state index >= 15 is 0 Å². The number of hydrogen-bond donors (Lipinski definition) is 4. The van der Waals surface area contributed by atoms with Gasteiger partial charge in [0.05, 0.1) is 18.5 Å². The molecule has 1 saturated heterocycles. The number of pyridine rings is 1. The molecule has 0 aromatic carbocycles. The minimum Gasteiger partial charge on any atom is -0.452 e. The van der Waals surface area contributed by atoms with Crippen LogP contribution >= 0.6 is 0 Å². The first-order chi connectivity index (χ1) is 12.5. The van der Waals surface area contributed by atoms with Crippen molar-refractivity contribution in [2.24, 2.45) is 0 Å². The van der Waals surface area contributed by atoms with Crippen molar-refractivity contribution in [1.82, 2.24) is 20.6 Å². The molecule has 26 heavy (non-hydrogen) atoms. The molecule has 0 bridgehead atoms. The van der Waals surface area contributed by atoms with Gasteiger partial charge in [0, 0.05) is 18.7 Å². The SMILES string of the molecule is C#CCC(=O)NNc1ccc(C(=O)NCC(=O)N2CCC[C@H]2BO)cn1. The van der Waals surface area contributed by atoms with Crippen LogP contribution in [-0.2, 0) is 9.59 Å². The zero-order chi connectivity index (χ0) is 18.9. The number of likely N-dealkylation sites (tertiary alicyclic amines) is 1. The van der Waals surface area contributed by atoms with Crippen molar-refractivity contribution in [3.8, 4) is 12.3 Å². The molecule has 0 unspecified atom stereocenters. The zero-order valence-electron chi connectivity index (χ0n) is 14.2. The molecule has 0 radical (unpaired) electrons. The number of carbonyl (C=O) groups is 3. The van der Waals surface area contributed by atoms with Gasteiger partial charge < -0.3 is 15.2 Å². The molecule has 1 aliphatic rings. The van der Waals surface area contributed by atoms with Crippen molar-refractivity contribution in [2.45, 2.75) is 25.2 Å². The lowest BCUT2D eigenvalue weighted by Crippen LogP contribution is -2.44. The Labute approximate surface area is 151 Å². The van der Waals surface area contributed by atoms with Crippen molar-refractivity contribution in [3.63, 3.8) is 0 Å². The van der Waals surface area contributed by atoms with E-state index in [1.54, 1.807) is 4.90 Å². The van der Waals surface area contributed by atoms with Crippen LogP contribution in [0.3, 0.4) is 0 Å². The second-order valence-electron chi connectivity index (χ2n) is 5.73. The number of amides is 3. The summed E-state index contributed by atoms with van der Waals surface area (Å²) in [6.45, 7) is 0.449. The summed E-state index contributed by atoms with van der Waals surface area (Å²) in [7, 11) is -0.0735. The third kappa shape index (κ3) is 5.22. The second kappa shape index (κ2) is 9.43. The maximum atomic E-state index is 12.1. The van der Waals surface area contributed by atoms with Crippen molar-refractivity contribution < 1.29 is 19.4 Å². The van der Waals surface area contributed by atoms with Crippen molar-refractivity contribution in [2.75, 3.05) is 18.5 Å². The van der Waals surface area contributed by atoms with Crippen LogP contribution in [0.25, 0.3) is 0 Å². The fraction of sp³-hybridized carbons (Fsp3) is 0.375. The molecule has 0 saturated carbocycles. The lowest BCUT2D eigenvalue weighted by atomic mass is 9.86. The highest BCUT2D eigenvalue weighted by Gasteiger charge is 2.28.